The van der Waals surface area contributed by atoms with E-state index in [0.29, 0.717) is 0 Å². The lowest BCUT2D eigenvalue weighted by Crippen LogP contribution is -2.18. The molecule has 0 saturated heterocycles. The lowest BCUT2D eigenvalue weighted by Gasteiger charge is -2.22. The van der Waals surface area contributed by atoms with E-state index in [-0.39, 0.29) is 0 Å². The first-order valence-electron chi connectivity index (χ1n) is 10.4. The maximum absolute atomic E-state index is 4.75. The number of nitrogens with one attached hydrogen (secondary N) is 1. The van der Waals surface area contributed by atoms with Crippen LogP contribution < -0.4 is 0 Å². The Labute approximate surface area is 167 Å². The van der Waals surface area contributed by atoms with E-state index in [1.54, 1.807) is 0 Å². The molecule has 3 aromatic rings. The third-order valence-electron chi connectivity index (χ3n) is 5.78. The first-order chi connectivity index (χ1) is 13.6. The molecule has 28 heavy (non-hydrogen) atoms. The first-order valence-corrected chi connectivity index (χ1v) is 10.4. The van der Waals surface area contributed by atoms with Crippen molar-refractivity contribution >= 4 is 0 Å². The zero-order valence-electron chi connectivity index (χ0n) is 17.3. The SMILES string of the molecule is Cc1cnc(CN(C)Cc2cn(C)nc2-c2ccc(C3CCCCC3)cc2)[nH]1. The van der Waals surface area contributed by atoms with E-state index >= 15 is 0 Å². The Hall–Kier alpha value is -2.40. The summed E-state index contributed by atoms with van der Waals surface area (Å²) in [5.41, 5.74) is 6.13. The van der Waals surface area contributed by atoms with Crippen LogP contribution in [0.3, 0.4) is 0 Å². The van der Waals surface area contributed by atoms with E-state index in [0.717, 1.165) is 36.2 Å². The normalized spacial score (nSPS) is 15.4. The van der Waals surface area contributed by atoms with Gasteiger partial charge in [0, 0.05) is 42.8 Å². The van der Waals surface area contributed by atoms with Crippen LogP contribution in [0.15, 0.2) is 36.7 Å². The number of aromatic nitrogens is 4. The first kappa shape index (κ1) is 18.9. The average Bonchev–Trinajstić information content (AvgIpc) is 3.27. The van der Waals surface area contributed by atoms with Crippen LogP contribution in [-0.4, -0.2) is 31.7 Å². The lowest BCUT2D eigenvalue weighted by atomic mass is 9.84. The Bertz CT molecular complexity index is 899. The molecule has 0 unspecified atom stereocenters. The quantitative estimate of drug-likeness (QED) is 0.671. The van der Waals surface area contributed by atoms with Crippen molar-refractivity contribution in [1.29, 1.82) is 0 Å². The number of nitrogens with zero attached hydrogens (tertiary/aromatic N) is 4. The highest BCUT2D eigenvalue weighted by molar-refractivity contribution is 5.63. The van der Waals surface area contributed by atoms with Gasteiger partial charge in [0.2, 0.25) is 0 Å². The average molecular weight is 378 g/mol. The van der Waals surface area contributed by atoms with Crippen LogP contribution in [0.1, 0.15) is 60.7 Å². The molecule has 5 nitrogen and oxygen atoms in total. The molecule has 1 fully saturated rings. The van der Waals surface area contributed by atoms with Crippen molar-refractivity contribution < 1.29 is 0 Å². The monoisotopic (exact) mass is 377 g/mol. The molecule has 1 aliphatic carbocycles. The molecule has 1 aromatic carbocycles. The van der Waals surface area contributed by atoms with E-state index in [4.69, 9.17) is 5.10 Å². The Morgan fingerprint density at radius 1 is 1.11 bits per heavy atom. The molecular weight excluding hydrogens is 346 g/mol. The van der Waals surface area contributed by atoms with E-state index < -0.39 is 0 Å². The van der Waals surface area contributed by atoms with Crippen molar-refractivity contribution in [2.75, 3.05) is 7.05 Å². The van der Waals surface area contributed by atoms with Gasteiger partial charge in [0.1, 0.15) is 5.82 Å². The highest BCUT2D eigenvalue weighted by atomic mass is 15.3. The summed E-state index contributed by atoms with van der Waals surface area (Å²) in [6, 6.07) is 9.15. The molecule has 0 amide bonds. The van der Waals surface area contributed by atoms with Crippen molar-refractivity contribution in [1.82, 2.24) is 24.6 Å². The van der Waals surface area contributed by atoms with Crippen LogP contribution in [0, 0.1) is 6.92 Å². The summed E-state index contributed by atoms with van der Waals surface area (Å²) < 4.78 is 1.92. The van der Waals surface area contributed by atoms with Crippen LogP contribution in [0.25, 0.3) is 11.3 Å². The predicted octanol–water partition coefficient (Wildman–Crippen LogP) is 4.80. The standard InChI is InChI=1S/C23H31N5/c1-17-13-24-22(25-17)16-27(2)14-21-15-28(3)26-23(21)20-11-9-19(10-12-20)18-7-5-4-6-8-18/h9-13,15,18H,4-8,14,16H2,1-3H3,(H,24,25). The van der Waals surface area contributed by atoms with Crippen LogP contribution in [-0.2, 0) is 20.1 Å². The van der Waals surface area contributed by atoms with Crippen LogP contribution in [0.4, 0.5) is 0 Å². The molecule has 2 aromatic heterocycles. The molecule has 0 atom stereocenters. The zero-order valence-corrected chi connectivity index (χ0v) is 17.3. The second-order valence-electron chi connectivity index (χ2n) is 8.32. The van der Waals surface area contributed by atoms with Gasteiger partial charge in [-0.05, 0) is 38.3 Å². The van der Waals surface area contributed by atoms with Gasteiger partial charge in [-0.15, -0.1) is 0 Å². The summed E-state index contributed by atoms with van der Waals surface area (Å²) in [7, 11) is 4.13. The van der Waals surface area contributed by atoms with E-state index in [1.807, 2.05) is 24.9 Å². The predicted molar refractivity (Wildman–Crippen MR) is 113 cm³/mol. The van der Waals surface area contributed by atoms with Gasteiger partial charge in [0.05, 0.1) is 12.2 Å². The molecule has 0 aliphatic heterocycles. The summed E-state index contributed by atoms with van der Waals surface area (Å²) in [4.78, 5) is 10.0. The van der Waals surface area contributed by atoms with Gasteiger partial charge >= 0.3 is 0 Å². The largest absolute Gasteiger partial charge is 0.345 e. The zero-order chi connectivity index (χ0) is 19.5. The van der Waals surface area contributed by atoms with Crippen LogP contribution in [0.2, 0.25) is 0 Å². The molecule has 1 N–H and O–H groups in total. The number of hydrogen-bond acceptors (Lipinski definition) is 3. The second-order valence-corrected chi connectivity index (χ2v) is 8.32. The number of rotatable bonds is 6. The van der Waals surface area contributed by atoms with Gasteiger partial charge in [0.25, 0.3) is 0 Å². The van der Waals surface area contributed by atoms with Crippen molar-refractivity contribution in [2.45, 2.75) is 58.0 Å². The summed E-state index contributed by atoms with van der Waals surface area (Å²) in [6.45, 7) is 3.67. The molecule has 0 radical (unpaired) electrons. The maximum atomic E-state index is 4.75. The van der Waals surface area contributed by atoms with Gasteiger partial charge in [-0.2, -0.15) is 5.10 Å². The summed E-state index contributed by atoms with van der Waals surface area (Å²) in [5, 5.41) is 4.75. The molecule has 4 rings (SSSR count). The minimum atomic E-state index is 0.744. The van der Waals surface area contributed by atoms with Gasteiger partial charge in [-0.25, -0.2) is 4.98 Å². The molecule has 0 spiro atoms. The smallest absolute Gasteiger partial charge is 0.120 e. The van der Waals surface area contributed by atoms with E-state index in [2.05, 4.69) is 52.4 Å². The second kappa shape index (κ2) is 8.31. The topological polar surface area (TPSA) is 49.7 Å². The number of H-pyrrole nitrogens is 1. The highest BCUT2D eigenvalue weighted by Crippen LogP contribution is 2.33. The lowest BCUT2D eigenvalue weighted by molar-refractivity contribution is 0.312. The van der Waals surface area contributed by atoms with E-state index in [1.165, 1.54) is 48.8 Å². The van der Waals surface area contributed by atoms with Crippen LogP contribution in [0.5, 0.6) is 0 Å². The van der Waals surface area contributed by atoms with Gasteiger partial charge < -0.3 is 4.98 Å². The van der Waals surface area contributed by atoms with Crippen molar-refractivity contribution in [3.05, 3.63) is 59.3 Å². The van der Waals surface area contributed by atoms with Gasteiger partial charge in [-0.3, -0.25) is 9.58 Å². The Morgan fingerprint density at radius 3 is 2.54 bits per heavy atom. The van der Waals surface area contributed by atoms with Crippen molar-refractivity contribution in [2.24, 2.45) is 7.05 Å². The number of aromatic amines is 1. The summed E-state index contributed by atoms with van der Waals surface area (Å²) >= 11 is 0. The number of hydrogen-bond donors (Lipinski definition) is 1. The fraction of sp³-hybridized carbons (Fsp3) is 0.478. The third-order valence-corrected chi connectivity index (χ3v) is 5.78. The minimum Gasteiger partial charge on any atom is -0.345 e. The highest BCUT2D eigenvalue weighted by Gasteiger charge is 2.17. The molecule has 1 aliphatic rings. The summed E-state index contributed by atoms with van der Waals surface area (Å²) in [6.07, 6.45) is 10.8. The Balaban J connectivity index is 1.49. The molecular formula is C23H31N5. The fourth-order valence-electron chi connectivity index (χ4n) is 4.40. The molecule has 5 heteroatoms. The third kappa shape index (κ3) is 4.36. The number of benzene rings is 1. The van der Waals surface area contributed by atoms with Crippen LogP contribution >= 0.6 is 0 Å². The molecule has 148 valence electrons. The maximum Gasteiger partial charge on any atom is 0.120 e. The molecule has 1 saturated carbocycles. The Kier molecular flexibility index (Phi) is 5.62. The van der Waals surface area contributed by atoms with E-state index in [9.17, 15) is 0 Å². The summed E-state index contributed by atoms with van der Waals surface area (Å²) in [5.74, 6) is 1.75. The van der Waals surface area contributed by atoms with Crippen molar-refractivity contribution in [3.63, 3.8) is 0 Å². The Morgan fingerprint density at radius 2 is 1.86 bits per heavy atom. The fourth-order valence-corrected chi connectivity index (χ4v) is 4.40. The van der Waals surface area contributed by atoms with Gasteiger partial charge in [-0.1, -0.05) is 43.5 Å². The number of aryl methyl sites for hydroxylation is 2. The van der Waals surface area contributed by atoms with Gasteiger partial charge in [0.15, 0.2) is 0 Å². The number of imidazole rings is 1. The molecule has 2 heterocycles. The molecule has 0 bridgehead atoms. The van der Waals surface area contributed by atoms with Crippen molar-refractivity contribution in [3.8, 4) is 11.3 Å². The minimum absolute atomic E-state index is 0.744.